The van der Waals surface area contributed by atoms with Gasteiger partial charge in [0.05, 0.1) is 6.10 Å². The molecule has 98 valence electrons. The molecule has 1 N–H and O–H groups in total. The third kappa shape index (κ3) is 2.38. The van der Waals surface area contributed by atoms with Crippen molar-refractivity contribution in [2.75, 3.05) is 13.7 Å². The molecule has 2 aliphatic heterocycles. The van der Waals surface area contributed by atoms with Gasteiger partial charge in [-0.2, -0.15) is 0 Å². The average Bonchev–Trinajstić information content (AvgIpc) is 2.61. The summed E-state index contributed by atoms with van der Waals surface area (Å²) < 4.78 is 5.66. The highest BCUT2D eigenvalue weighted by atomic mass is 16.5. The van der Waals surface area contributed by atoms with Gasteiger partial charge in [0.15, 0.2) is 0 Å². The quantitative estimate of drug-likeness (QED) is 0.808. The van der Waals surface area contributed by atoms with E-state index in [1.807, 2.05) is 0 Å². The molecule has 2 unspecified atom stereocenters. The number of nitrogens with one attached hydrogen (secondary N) is 1. The minimum atomic E-state index is 0.547. The topological polar surface area (TPSA) is 24.5 Å². The van der Waals surface area contributed by atoms with Crippen LogP contribution in [0.5, 0.6) is 0 Å². The largest absolute Gasteiger partial charge is 0.378 e. The highest BCUT2D eigenvalue weighted by Gasteiger charge is 2.40. The summed E-state index contributed by atoms with van der Waals surface area (Å²) in [6, 6.07) is 3.23. The second kappa shape index (κ2) is 4.87. The highest BCUT2D eigenvalue weighted by Crippen LogP contribution is 2.34. The molecule has 3 aliphatic rings. The Morgan fingerprint density at radius 1 is 1.06 bits per heavy atom. The van der Waals surface area contributed by atoms with E-state index in [0.29, 0.717) is 6.10 Å². The van der Waals surface area contributed by atoms with Gasteiger partial charge in [-0.1, -0.05) is 0 Å². The normalized spacial score (nSPS) is 45.0. The molecule has 3 heteroatoms. The van der Waals surface area contributed by atoms with Gasteiger partial charge in [0, 0.05) is 30.8 Å². The van der Waals surface area contributed by atoms with E-state index in [4.69, 9.17) is 4.74 Å². The molecule has 17 heavy (non-hydrogen) atoms. The third-order valence-electron chi connectivity index (χ3n) is 5.07. The molecule has 0 aromatic rings. The van der Waals surface area contributed by atoms with E-state index < -0.39 is 0 Å². The molecule has 1 saturated carbocycles. The third-order valence-corrected chi connectivity index (χ3v) is 5.07. The summed E-state index contributed by atoms with van der Waals surface area (Å²) in [5, 5.41) is 3.73. The molecule has 3 fully saturated rings. The van der Waals surface area contributed by atoms with Crippen molar-refractivity contribution in [2.45, 2.75) is 75.7 Å². The van der Waals surface area contributed by atoms with Gasteiger partial charge in [0.1, 0.15) is 0 Å². The zero-order valence-electron chi connectivity index (χ0n) is 11.2. The van der Waals surface area contributed by atoms with Crippen LogP contribution < -0.4 is 5.32 Å². The van der Waals surface area contributed by atoms with Gasteiger partial charge < -0.3 is 15.0 Å². The smallest absolute Gasteiger partial charge is 0.0604 e. The first-order valence-electron chi connectivity index (χ1n) is 7.35. The summed E-state index contributed by atoms with van der Waals surface area (Å²) >= 11 is 0. The van der Waals surface area contributed by atoms with E-state index in [1.54, 1.807) is 0 Å². The van der Waals surface area contributed by atoms with Crippen LogP contribution in [-0.4, -0.2) is 48.8 Å². The molecule has 0 radical (unpaired) electrons. The van der Waals surface area contributed by atoms with Crippen LogP contribution in [0.1, 0.15) is 45.4 Å². The van der Waals surface area contributed by atoms with Crippen LogP contribution in [0.3, 0.4) is 0 Å². The monoisotopic (exact) mass is 238 g/mol. The predicted molar refractivity (Wildman–Crippen MR) is 69.2 cm³/mol. The Kier molecular flexibility index (Phi) is 3.42. The number of nitrogens with zero attached hydrogens (tertiary/aromatic N) is 1. The Morgan fingerprint density at radius 2 is 1.65 bits per heavy atom. The summed E-state index contributed by atoms with van der Waals surface area (Å²) in [5.41, 5.74) is 0. The molecule has 3 rings (SSSR count). The molecular weight excluding hydrogens is 212 g/mol. The molecule has 0 aromatic carbocycles. The minimum absolute atomic E-state index is 0.547. The lowest BCUT2D eigenvalue weighted by Crippen LogP contribution is -2.54. The van der Waals surface area contributed by atoms with Crippen molar-refractivity contribution in [1.82, 2.24) is 10.2 Å². The van der Waals surface area contributed by atoms with Crippen molar-refractivity contribution in [3.8, 4) is 0 Å². The summed E-state index contributed by atoms with van der Waals surface area (Å²) in [6.45, 7) is 2.97. The van der Waals surface area contributed by atoms with Crippen molar-refractivity contribution in [2.24, 2.45) is 0 Å². The van der Waals surface area contributed by atoms with E-state index in [2.05, 4.69) is 24.2 Å². The Hall–Kier alpha value is -0.120. The first-order chi connectivity index (χ1) is 8.26. The zero-order chi connectivity index (χ0) is 11.8. The fourth-order valence-corrected chi connectivity index (χ4v) is 3.90. The zero-order valence-corrected chi connectivity index (χ0v) is 11.2. The number of hydrogen-bond acceptors (Lipinski definition) is 3. The predicted octanol–water partition coefficient (Wildman–Crippen LogP) is 1.77. The highest BCUT2D eigenvalue weighted by molar-refractivity contribution is 4.98. The molecule has 2 saturated heterocycles. The van der Waals surface area contributed by atoms with Gasteiger partial charge in [0.2, 0.25) is 0 Å². The minimum Gasteiger partial charge on any atom is -0.378 e. The van der Waals surface area contributed by atoms with Crippen molar-refractivity contribution >= 4 is 0 Å². The Bertz CT molecular complexity index is 253. The van der Waals surface area contributed by atoms with E-state index in [1.165, 1.54) is 38.5 Å². The van der Waals surface area contributed by atoms with Crippen LogP contribution in [0, 0.1) is 0 Å². The van der Waals surface area contributed by atoms with Crippen LogP contribution in [-0.2, 0) is 4.74 Å². The number of hydrogen-bond donors (Lipinski definition) is 1. The van der Waals surface area contributed by atoms with Crippen molar-refractivity contribution < 1.29 is 4.74 Å². The summed E-state index contributed by atoms with van der Waals surface area (Å²) in [7, 11) is 2.34. The van der Waals surface area contributed by atoms with Gasteiger partial charge >= 0.3 is 0 Å². The fraction of sp³-hybridized carbons (Fsp3) is 1.00. The van der Waals surface area contributed by atoms with Gasteiger partial charge in [-0.05, 0) is 52.5 Å². The van der Waals surface area contributed by atoms with E-state index in [0.717, 1.165) is 30.8 Å². The van der Waals surface area contributed by atoms with Crippen molar-refractivity contribution in [3.05, 3.63) is 0 Å². The van der Waals surface area contributed by atoms with E-state index >= 15 is 0 Å². The SMILES string of the molecule is CCOC1CC(N(C)C2CC3CCC(C2)N3)C1. The maximum Gasteiger partial charge on any atom is 0.0604 e. The van der Waals surface area contributed by atoms with Crippen LogP contribution >= 0.6 is 0 Å². The molecule has 2 bridgehead atoms. The second-order valence-electron chi connectivity index (χ2n) is 6.13. The van der Waals surface area contributed by atoms with Gasteiger partial charge in [-0.25, -0.2) is 0 Å². The van der Waals surface area contributed by atoms with Gasteiger partial charge in [-0.15, -0.1) is 0 Å². The van der Waals surface area contributed by atoms with Gasteiger partial charge in [-0.3, -0.25) is 0 Å². The van der Waals surface area contributed by atoms with Crippen LogP contribution in [0.25, 0.3) is 0 Å². The lowest BCUT2D eigenvalue weighted by Gasteiger charge is -2.46. The Labute approximate surface area is 105 Å². The van der Waals surface area contributed by atoms with Crippen LogP contribution in [0.4, 0.5) is 0 Å². The van der Waals surface area contributed by atoms with Crippen molar-refractivity contribution in [3.63, 3.8) is 0 Å². The lowest BCUT2D eigenvalue weighted by atomic mass is 9.85. The molecule has 2 heterocycles. The van der Waals surface area contributed by atoms with E-state index in [9.17, 15) is 0 Å². The van der Waals surface area contributed by atoms with E-state index in [-0.39, 0.29) is 0 Å². The second-order valence-corrected chi connectivity index (χ2v) is 6.13. The molecule has 0 amide bonds. The molecule has 0 aromatic heterocycles. The Balaban J connectivity index is 1.48. The number of rotatable bonds is 4. The fourth-order valence-electron chi connectivity index (χ4n) is 3.90. The first kappa shape index (κ1) is 11.9. The average molecular weight is 238 g/mol. The summed E-state index contributed by atoms with van der Waals surface area (Å²) in [5.74, 6) is 0. The molecule has 0 spiro atoms. The molecule has 3 nitrogen and oxygen atoms in total. The Morgan fingerprint density at radius 3 is 2.24 bits per heavy atom. The van der Waals surface area contributed by atoms with Gasteiger partial charge in [0.25, 0.3) is 0 Å². The number of piperidine rings is 1. The standard InChI is InChI=1S/C14H26N2O/c1-3-17-14-8-13(9-14)16(2)12-6-10-4-5-11(7-12)15-10/h10-15H,3-9H2,1-2H3. The summed E-state index contributed by atoms with van der Waals surface area (Å²) in [4.78, 5) is 2.65. The first-order valence-corrected chi connectivity index (χ1v) is 7.35. The number of fused-ring (bicyclic) bond motifs is 2. The van der Waals surface area contributed by atoms with Crippen LogP contribution in [0.2, 0.25) is 0 Å². The lowest BCUT2D eigenvalue weighted by molar-refractivity contribution is -0.0541. The van der Waals surface area contributed by atoms with Crippen LogP contribution in [0.15, 0.2) is 0 Å². The maximum absolute atomic E-state index is 5.66. The van der Waals surface area contributed by atoms with Crippen molar-refractivity contribution in [1.29, 1.82) is 0 Å². The molecule has 2 atom stereocenters. The number of ether oxygens (including phenoxy) is 1. The molecule has 1 aliphatic carbocycles. The summed E-state index contributed by atoms with van der Waals surface area (Å²) in [6.07, 6.45) is 8.59. The maximum atomic E-state index is 5.66. The molecular formula is C14H26N2O.